The lowest BCUT2D eigenvalue weighted by molar-refractivity contribution is -0.126. The van der Waals surface area contributed by atoms with Crippen LogP contribution in [0.2, 0.25) is 0 Å². The fourth-order valence-electron chi connectivity index (χ4n) is 4.36. The van der Waals surface area contributed by atoms with Crippen LogP contribution in [0.3, 0.4) is 0 Å². The Morgan fingerprint density at radius 2 is 1.56 bits per heavy atom. The van der Waals surface area contributed by atoms with Crippen LogP contribution >= 0.6 is 0 Å². The van der Waals surface area contributed by atoms with E-state index in [9.17, 15) is 4.79 Å². The highest BCUT2D eigenvalue weighted by Gasteiger charge is 2.33. The van der Waals surface area contributed by atoms with Crippen LogP contribution in [0.25, 0.3) is 0 Å². The zero-order chi connectivity index (χ0) is 18.5. The van der Waals surface area contributed by atoms with Crippen molar-refractivity contribution in [1.82, 2.24) is 15.1 Å². The molecule has 2 heterocycles. The standard InChI is InChI=1S/C23H29N3O/c27-23(22-12-7-14-26(22)17-20-10-5-2-6-11-20)24-21-13-15-25(18-21)16-19-8-3-1-4-9-19/h1-6,8-11,21-22H,7,12-18H2,(H,24,27). The minimum absolute atomic E-state index is 0.0216. The maximum Gasteiger partial charge on any atom is 0.237 e. The molecule has 0 bridgehead atoms. The maximum atomic E-state index is 12.9. The largest absolute Gasteiger partial charge is 0.351 e. The molecule has 4 nitrogen and oxygen atoms in total. The molecule has 2 aliphatic rings. The molecule has 0 saturated carbocycles. The van der Waals surface area contributed by atoms with E-state index in [0.717, 1.165) is 52.0 Å². The lowest BCUT2D eigenvalue weighted by Gasteiger charge is -2.25. The second-order valence-corrected chi connectivity index (χ2v) is 7.83. The van der Waals surface area contributed by atoms with Crippen LogP contribution in [0, 0.1) is 0 Å². The van der Waals surface area contributed by atoms with Crippen molar-refractivity contribution in [3.63, 3.8) is 0 Å². The Bertz CT molecular complexity index is 734. The molecule has 2 atom stereocenters. The topological polar surface area (TPSA) is 35.6 Å². The summed E-state index contributed by atoms with van der Waals surface area (Å²) in [6.07, 6.45) is 3.12. The van der Waals surface area contributed by atoms with Gasteiger partial charge in [-0.2, -0.15) is 0 Å². The third-order valence-electron chi connectivity index (χ3n) is 5.76. The van der Waals surface area contributed by atoms with Crippen molar-refractivity contribution < 1.29 is 4.79 Å². The van der Waals surface area contributed by atoms with Gasteiger partial charge in [-0.15, -0.1) is 0 Å². The smallest absolute Gasteiger partial charge is 0.237 e. The summed E-state index contributed by atoms with van der Waals surface area (Å²) >= 11 is 0. The fourth-order valence-corrected chi connectivity index (χ4v) is 4.36. The predicted octanol–water partition coefficient (Wildman–Crippen LogP) is 3.04. The van der Waals surface area contributed by atoms with Gasteiger partial charge in [0.2, 0.25) is 5.91 Å². The van der Waals surface area contributed by atoms with Gasteiger partial charge in [-0.05, 0) is 36.9 Å². The number of carbonyl (C=O) groups excluding carboxylic acids is 1. The normalized spacial score (nSPS) is 23.6. The second-order valence-electron chi connectivity index (χ2n) is 7.83. The SMILES string of the molecule is O=C(NC1CCN(Cc2ccccc2)C1)C1CCCN1Cc1ccccc1. The summed E-state index contributed by atoms with van der Waals surface area (Å²) in [6.45, 7) is 4.85. The number of hydrogen-bond acceptors (Lipinski definition) is 3. The molecule has 4 heteroatoms. The first-order chi connectivity index (χ1) is 13.3. The van der Waals surface area contributed by atoms with Crippen molar-refractivity contribution in [2.75, 3.05) is 19.6 Å². The molecule has 1 amide bonds. The van der Waals surface area contributed by atoms with Gasteiger partial charge in [-0.3, -0.25) is 14.6 Å². The molecule has 0 aromatic heterocycles. The molecule has 2 saturated heterocycles. The quantitative estimate of drug-likeness (QED) is 0.857. The Morgan fingerprint density at radius 1 is 0.889 bits per heavy atom. The molecule has 2 fully saturated rings. The van der Waals surface area contributed by atoms with E-state index in [-0.39, 0.29) is 18.0 Å². The summed E-state index contributed by atoms with van der Waals surface area (Å²) in [5.41, 5.74) is 2.63. The number of benzene rings is 2. The Hall–Kier alpha value is -2.17. The lowest BCUT2D eigenvalue weighted by atomic mass is 10.1. The van der Waals surface area contributed by atoms with Gasteiger partial charge < -0.3 is 5.32 Å². The Morgan fingerprint density at radius 3 is 2.26 bits per heavy atom. The number of likely N-dealkylation sites (tertiary alicyclic amines) is 2. The lowest BCUT2D eigenvalue weighted by Crippen LogP contribution is -2.47. The number of nitrogens with one attached hydrogen (secondary N) is 1. The highest BCUT2D eigenvalue weighted by molar-refractivity contribution is 5.82. The highest BCUT2D eigenvalue weighted by Crippen LogP contribution is 2.21. The fraction of sp³-hybridized carbons (Fsp3) is 0.435. The van der Waals surface area contributed by atoms with Gasteiger partial charge in [-0.1, -0.05) is 60.7 Å². The van der Waals surface area contributed by atoms with Gasteiger partial charge in [0, 0.05) is 32.2 Å². The highest BCUT2D eigenvalue weighted by atomic mass is 16.2. The van der Waals surface area contributed by atoms with Crippen molar-refractivity contribution >= 4 is 5.91 Å². The Balaban J connectivity index is 1.28. The molecule has 0 radical (unpaired) electrons. The van der Waals surface area contributed by atoms with Gasteiger partial charge >= 0.3 is 0 Å². The van der Waals surface area contributed by atoms with Gasteiger partial charge in [0.1, 0.15) is 0 Å². The van der Waals surface area contributed by atoms with Crippen molar-refractivity contribution in [3.05, 3.63) is 71.8 Å². The predicted molar refractivity (Wildman–Crippen MR) is 108 cm³/mol. The number of rotatable bonds is 6. The summed E-state index contributed by atoms with van der Waals surface area (Å²) in [5, 5.41) is 3.33. The van der Waals surface area contributed by atoms with E-state index < -0.39 is 0 Å². The second kappa shape index (κ2) is 8.68. The van der Waals surface area contributed by atoms with E-state index in [0.29, 0.717) is 0 Å². The van der Waals surface area contributed by atoms with E-state index in [2.05, 4.69) is 69.7 Å². The Kier molecular flexibility index (Phi) is 5.85. The molecule has 0 aliphatic carbocycles. The monoisotopic (exact) mass is 363 g/mol. The van der Waals surface area contributed by atoms with Crippen molar-refractivity contribution in [2.24, 2.45) is 0 Å². The van der Waals surface area contributed by atoms with Crippen molar-refractivity contribution in [3.8, 4) is 0 Å². The average molecular weight is 364 g/mol. The van der Waals surface area contributed by atoms with Crippen LogP contribution in [0.5, 0.6) is 0 Å². The van der Waals surface area contributed by atoms with Gasteiger partial charge in [0.25, 0.3) is 0 Å². The molecular formula is C23H29N3O. The van der Waals surface area contributed by atoms with Gasteiger partial charge in [0.05, 0.1) is 6.04 Å². The van der Waals surface area contributed by atoms with Crippen LogP contribution in [-0.4, -0.2) is 47.4 Å². The van der Waals surface area contributed by atoms with E-state index in [4.69, 9.17) is 0 Å². The molecule has 2 aliphatic heterocycles. The minimum atomic E-state index is 0.0216. The summed E-state index contributed by atoms with van der Waals surface area (Å²) in [7, 11) is 0. The third kappa shape index (κ3) is 4.76. The van der Waals surface area contributed by atoms with E-state index in [1.54, 1.807) is 0 Å². The van der Waals surface area contributed by atoms with Crippen LogP contribution in [-0.2, 0) is 17.9 Å². The van der Waals surface area contributed by atoms with E-state index >= 15 is 0 Å². The third-order valence-corrected chi connectivity index (χ3v) is 5.76. The number of nitrogens with zero attached hydrogens (tertiary/aromatic N) is 2. The van der Waals surface area contributed by atoms with Crippen LogP contribution < -0.4 is 5.32 Å². The van der Waals surface area contributed by atoms with Crippen LogP contribution in [0.1, 0.15) is 30.4 Å². The molecule has 0 spiro atoms. The van der Waals surface area contributed by atoms with Gasteiger partial charge in [-0.25, -0.2) is 0 Å². The molecule has 142 valence electrons. The minimum Gasteiger partial charge on any atom is -0.351 e. The van der Waals surface area contributed by atoms with Crippen molar-refractivity contribution in [2.45, 2.75) is 44.4 Å². The number of carbonyl (C=O) groups is 1. The summed E-state index contributed by atoms with van der Waals surface area (Å²) in [4.78, 5) is 17.7. The average Bonchev–Trinajstić information content (AvgIpc) is 3.33. The summed E-state index contributed by atoms with van der Waals surface area (Å²) in [5.74, 6) is 0.218. The summed E-state index contributed by atoms with van der Waals surface area (Å²) < 4.78 is 0. The molecule has 2 unspecified atom stereocenters. The van der Waals surface area contributed by atoms with Crippen molar-refractivity contribution in [1.29, 1.82) is 0 Å². The molecule has 2 aromatic rings. The van der Waals surface area contributed by atoms with Crippen LogP contribution in [0.15, 0.2) is 60.7 Å². The zero-order valence-electron chi connectivity index (χ0n) is 15.9. The number of amides is 1. The molecule has 27 heavy (non-hydrogen) atoms. The summed E-state index contributed by atoms with van der Waals surface area (Å²) in [6, 6.07) is 21.3. The zero-order valence-corrected chi connectivity index (χ0v) is 15.9. The molecule has 1 N–H and O–H groups in total. The van der Waals surface area contributed by atoms with Gasteiger partial charge in [0.15, 0.2) is 0 Å². The maximum absolute atomic E-state index is 12.9. The first kappa shape index (κ1) is 18.2. The molecular weight excluding hydrogens is 334 g/mol. The first-order valence-corrected chi connectivity index (χ1v) is 10.1. The van der Waals surface area contributed by atoms with Crippen LogP contribution in [0.4, 0.5) is 0 Å². The molecule has 2 aromatic carbocycles. The van der Waals surface area contributed by atoms with E-state index in [1.807, 2.05) is 6.07 Å². The number of hydrogen-bond donors (Lipinski definition) is 1. The first-order valence-electron chi connectivity index (χ1n) is 10.1. The Labute approximate surface area is 162 Å². The molecule has 4 rings (SSSR count). The van der Waals surface area contributed by atoms with E-state index in [1.165, 1.54) is 11.1 Å².